The van der Waals surface area contributed by atoms with Crippen LogP contribution in [0.2, 0.25) is 0 Å². The molecule has 2 rings (SSSR count). The van der Waals surface area contributed by atoms with Gasteiger partial charge in [0.05, 0.1) is 4.75 Å². The molecular weight excluding hydrogens is 410 g/mol. The number of carbonyl (C=O) groups is 1. The molecule has 0 aliphatic heterocycles. The van der Waals surface area contributed by atoms with Crippen LogP contribution in [0.5, 0.6) is 0 Å². The van der Waals surface area contributed by atoms with Crippen LogP contribution in [0.25, 0.3) is 0 Å². The summed E-state index contributed by atoms with van der Waals surface area (Å²) < 4.78 is 26.9. The molecule has 6 nitrogen and oxygen atoms in total. The molecule has 1 saturated carbocycles. The summed E-state index contributed by atoms with van der Waals surface area (Å²) in [7, 11) is -3.30. The highest BCUT2D eigenvalue weighted by molar-refractivity contribution is 7.90. The number of sulfonamides is 1. The quantitative estimate of drug-likeness (QED) is 0.604. The molecule has 1 aromatic carbocycles. The van der Waals surface area contributed by atoms with E-state index in [0.717, 1.165) is 37.9 Å². The number of hydrogen-bond donors (Lipinski definition) is 2. The average Bonchev–Trinajstić information content (AvgIpc) is 2.66. The Kier molecular flexibility index (Phi) is 8.56. The Hall–Kier alpha value is -1.60. The van der Waals surface area contributed by atoms with E-state index < -0.39 is 14.8 Å². The van der Waals surface area contributed by atoms with Crippen molar-refractivity contribution < 1.29 is 13.2 Å². The Labute approximate surface area is 189 Å². The lowest BCUT2D eigenvalue weighted by atomic mass is 9.86. The first-order chi connectivity index (χ1) is 14.3. The molecule has 0 bridgehead atoms. The van der Waals surface area contributed by atoms with Crippen molar-refractivity contribution in [2.75, 3.05) is 11.9 Å². The summed E-state index contributed by atoms with van der Waals surface area (Å²) in [6.45, 7) is 14.2. The number of benzene rings is 1. The van der Waals surface area contributed by atoms with Crippen LogP contribution in [-0.4, -0.2) is 48.6 Å². The third-order valence-corrected chi connectivity index (χ3v) is 8.28. The largest absolute Gasteiger partial charge is 0.385 e. The van der Waals surface area contributed by atoms with Gasteiger partial charge in [-0.1, -0.05) is 6.07 Å². The Morgan fingerprint density at radius 2 is 1.65 bits per heavy atom. The van der Waals surface area contributed by atoms with Crippen molar-refractivity contribution in [1.82, 2.24) is 9.62 Å². The fourth-order valence-electron chi connectivity index (χ4n) is 4.12. The highest BCUT2D eigenvalue weighted by Crippen LogP contribution is 2.27. The SMILES string of the molecule is CC(C)N(C(=O)c1cccc(NC[C@H]2CC[C@H](NS(=O)(=O)C(C)(C)C)CC2)c1)C(C)C. The first-order valence-electron chi connectivity index (χ1n) is 11.5. The van der Waals surface area contributed by atoms with Crippen LogP contribution in [0, 0.1) is 5.92 Å². The van der Waals surface area contributed by atoms with Gasteiger partial charge in [0.25, 0.3) is 5.91 Å². The maximum Gasteiger partial charge on any atom is 0.254 e. The van der Waals surface area contributed by atoms with Crippen LogP contribution in [0.4, 0.5) is 5.69 Å². The molecule has 1 aliphatic carbocycles. The summed E-state index contributed by atoms with van der Waals surface area (Å²) in [5, 5.41) is 3.48. The van der Waals surface area contributed by atoms with Gasteiger partial charge >= 0.3 is 0 Å². The number of amides is 1. The zero-order valence-electron chi connectivity index (χ0n) is 20.2. The van der Waals surface area contributed by atoms with Gasteiger partial charge in [0.15, 0.2) is 0 Å². The number of carbonyl (C=O) groups excluding carboxylic acids is 1. The predicted octanol–water partition coefficient (Wildman–Crippen LogP) is 4.63. The molecule has 0 atom stereocenters. The molecular formula is C24H41N3O3S. The minimum Gasteiger partial charge on any atom is -0.385 e. The topological polar surface area (TPSA) is 78.5 Å². The molecule has 7 heteroatoms. The lowest BCUT2D eigenvalue weighted by molar-refractivity contribution is 0.0643. The molecule has 1 aromatic rings. The van der Waals surface area contributed by atoms with E-state index in [0.29, 0.717) is 11.5 Å². The first-order valence-corrected chi connectivity index (χ1v) is 13.0. The highest BCUT2D eigenvalue weighted by atomic mass is 32.2. The van der Waals surface area contributed by atoms with Crippen molar-refractivity contribution in [2.45, 2.75) is 97.0 Å². The highest BCUT2D eigenvalue weighted by Gasteiger charge is 2.32. The molecule has 1 amide bonds. The molecule has 0 spiro atoms. The lowest BCUT2D eigenvalue weighted by Gasteiger charge is -2.32. The second-order valence-electron chi connectivity index (χ2n) is 10.3. The summed E-state index contributed by atoms with van der Waals surface area (Å²) >= 11 is 0. The monoisotopic (exact) mass is 451 g/mol. The summed E-state index contributed by atoms with van der Waals surface area (Å²) in [5.41, 5.74) is 1.65. The Morgan fingerprint density at radius 3 is 2.16 bits per heavy atom. The van der Waals surface area contributed by atoms with Crippen LogP contribution < -0.4 is 10.0 Å². The van der Waals surface area contributed by atoms with Gasteiger partial charge in [0, 0.05) is 35.9 Å². The lowest BCUT2D eigenvalue weighted by Crippen LogP contribution is -2.46. The van der Waals surface area contributed by atoms with Crippen molar-refractivity contribution in [1.29, 1.82) is 0 Å². The zero-order chi connectivity index (χ0) is 23.4. The van der Waals surface area contributed by atoms with Gasteiger partial charge in [-0.15, -0.1) is 0 Å². The van der Waals surface area contributed by atoms with Gasteiger partial charge < -0.3 is 10.2 Å². The number of anilines is 1. The Balaban J connectivity index is 1.90. The van der Waals surface area contributed by atoms with Crippen molar-refractivity contribution >= 4 is 21.6 Å². The second-order valence-corrected chi connectivity index (χ2v) is 12.8. The van der Waals surface area contributed by atoms with Crippen LogP contribution in [0.15, 0.2) is 24.3 Å². The Bertz CT molecular complexity index is 828. The molecule has 0 heterocycles. The van der Waals surface area contributed by atoms with Gasteiger partial charge in [-0.3, -0.25) is 4.79 Å². The molecule has 176 valence electrons. The second kappa shape index (κ2) is 10.3. The van der Waals surface area contributed by atoms with Gasteiger partial charge in [0.1, 0.15) is 0 Å². The van der Waals surface area contributed by atoms with E-state index in [1.807, 2.05) is 56.9 Å². The van der Waals surface area contributed by atoms with E-state index in [4.69, 9.17) is 0 Å². The third-order valence-electron chi connectivity index (χ3n) is 6.03. The maximum absolute atomic E-state index is 12.9. The molecule has 1 aliphatic rings. The van der Waals surface area contributed by atoms with E-state index in [1.54, 1.807) is 20.8 Å². The molecule has 0 unspecified atom stereocenters. The van der Waals surface area contributed by atoms with Crippen molar-refractivity contribution in [3.63, 3.8) is 0 Å². The van der Waals surface area contributed by atoms with Gasteiger partial charge in [0.2, 0.25) is 10.0 Å². The molecule has 1 fully saturated rings. The van der Waals surface area contributed by atoms with Crippen LogP contribution in [0.3, 0.4) is 0 Å². The van der Waals surface area contributed by atoms with Crippen molar-refractivity contribution in [3.05, 3.63) is 29.8 Å². The fraction of sp³-hybridized carbons (Fsp3) is 0.708. The fourth-order valence-corrected chi connectivity index (χ4v) is 5.15. The van der Waals surface area contributed by atoms with Crippen molar-refractivity contribution in [2.24, 2.45) is 5.92 Å². The van der Waals surface area contributed by atoms with Gasteiger partial charge in [-0.2, -0.15) is 0 Å². The summed E-state index contributed by atoms with van der Waals surface area (Å²) in [6.07, 6.45) is 3.69. The third kappa shape index (κ3) is 6.94. The van der Waals surface area contributed by atoms with Crippen molar-refractivity contribution in [3.8, 4) is 0 Å². The smallest absolute Gasteiger partial charge is 0.254 e. The molecule has 2 N–H and O–H groups in total. The van der Waals surface area contributed by atoms with E-state index >= 15 is 0 Å². The number of rotatable bonds is 8. The zero-order valence-corrected chi connectivity index (χ0v) is 21.1. The van der Waals surface area contributed by atoms with Crippen LogP contribution >= 0.6 is 0 Å². The summed E-state index contributed by atoms with van der Waals surface area (Å²) in [4.78, 5) is 14.9. The number of nitrogens with zero attached hydrogens (tertiary/aromatic N) is 1. The number of nitrogens with one attached hydrogen (secondary N) is 2. The van der Waals surface area contributed by atoms with E-state index in [9.17, 15) is 13.2 Å². The standard InChI is InChI=1S/C24H41N3O3S/c1-17(2)27(18(3)4)23(28)20-9-8-10-22(15-20)25-16-19-11-13-21(14-12-19)26-31(29,30)24(5,6)7/h8-10,15,17-19,21,25-26H,11-14,16H2,1-7H3/t19-,21-. The molecule has 0 radical (unpaired) electrons. The normalized spacial score (nSPS) is 20.2. The number of hydrogen-bond acceptors (Lipinski definition) is 4. The first kappa shape index (κ1) is 25.7. The average molecular weight is 452 g/mol. The molecule has 0 saturated heterocycles. The summed E-state index contributed by atoms with van der Waals surface area (Å²) in [6, 6.07) is 8.05. The van der Waals surface area contributed by atoms with Gasteiger partial charge in [-0.25, -0.2) is 13.1 Å². The Morgan fingerprint density at radius 1 is 1.06 bits per heavy atom. The van der Waals surface area contributed by atoms with Gasteiger partial charge in [-0.05, 0) is 98.3 Å². The minimum atomic E-state index is -3.30. The summed E-state index contributed by atoms with van der Waals surface area (Å²) in [5.74, 6) is 0.554. The minimum absolute atomic E-state index is 0.0273. The van der Waals surface area contributed by atoms with E-state index in [2.05, 4.69) is 10.0 Å². The van der Waals surface area contributed by atoms with Crippen LogP contribution in [0.1, 0.15) is 84.5 Å². The maximum atomic E-state index is 12.9. The predicted molar refractivity (Wildman–Crippen MR) is 129 cm³/mol. The molecule has 31 heavy (non-hydrogen) atoms. The van der Waals surface area contributed by atoms with E-state index in [-0.39, 0.29) is 24.0 Å². The van der Waals surface area contributed by atoms with E-state index in [1.165, 1.54) is 0 Å². The molecule has 0 aromatic heterocycles. The van der Waals surface area contributed by atoms with Crippen LogP contribution in [-0.2, 0) is 10.0 Å².